The van der Waals surface area contributed by atoms with Crippen LogP contribution in [0.5, 0.6) is 5.75 Å². The summed E-state index contributed by atoms with van der Waals surface area (Å²) >= 11 is -1.14. The first-order valence-corrected chi connectivity index (χ1v) is 6.47. The van der Waals surface area contributed by atoms with Crippen LogP contribution in [0.25, 0.3) is 11.1 Å². The zero-order valence-corrected chi connectivity index (χ0v) is 9.74. The number of ether oxygens (including phenoxy) is 1. The van der Waals surface area contributed by atoms with E-state index in [2.05, 4.69) is 9.71 Å². The highest BCUT2D eigenvalue weighted by molar-refractivity contribution is 7.92. The molecule has 0 amide bonds. The summed E-state index contributed by atoms with van der Waals surface area (Å²) in [6.07, 6.45) is 3.54. The number of fused-ring (bicyclic) bond motifs is 1. The van der Waals surface area contributed by atoms with Crippen molar-refractivity contribution in [3.05, 3.63) is 42.7 Å². The molecule has 0 saturated carbocycles. The Hall–Kier alpha value is -1.72. The van der Waals surface area contributed by atoms with Gasteiger partial charge in [-0.2, -0.15) is 0 Å². The zero-order valence-electron chi connectivity index (χ0n) is 8.92. The van der Waals surface area contributed by atoms with Gasteiger partial charge in [0.15, 0.2) is 5.75 Å². The first-order valence-electron chi connectivity index (χ1n) is 5.15. The molecular formula is C12H10N2O2S. The lowest BCUT2D eigenvalue weighted by molar-refractivity contribution is 0.374. The van der Waals surface area contributed by atoms with Crippen molar-refractivity contribution < 1.29 is 9.29 Å². The number of hydrogen-bond donors (Lipinski definition) is 1. The normalized spacial score (nSPS) is 17.8. The third-order valence-corrected chi connectivity index (χ3v) is 3.30. The second-order valence-electron chi connectivity index (χ2n) is 3.66. The lowest BCUT2D eigenvalue weighted by Gasteiger charge is -2.21. The fourth-order valence-electron chi connectivity index (χ4n) is 1.71. The van der Waals surface area contributed by atoms with E-state index in [9.17, 15) is 4.55 Å². The molecule has 1 aromatic carbocycles. The van der Waals surface area contributed by atoms with Gasteiger partial charge in [0.05, 0.1) is 0 Å². The summed E-state index contributed by atoms with van der Waals surface area (Å²) in [5.74, 6) is 0.912. The van der Waals surface area contributed by atoms with E-state index in [-0.39, 0.29) is 5.94 Å². The Kier molecular flexibility index (Phi) is 2.62. The van der Waals surface area contributed by atoms with Crippen LogP contribution < -0.4 is 9.46 Å². The predicted octanol–water partition coefficient (Wildman–Crippen LogP) is 2.17. The Morgan fingerprint density at radius 2 is 2.24 bits per heavy atom. The van der Waals surface area contributed by atoms with Gasteiger partial charge in [0.2, 0.25) is 0 Å². The quantitative estimate of drug-likeness (QED) is 0.783. The average molecular weight is 246 g/mol. The van der Waals surface area contributed by atoms with Crippen LogP contribution in [0.1, 0.15) is 0 Å². The second-order valence-corrected chi connectivity index (χ2v) is 4.79. The molecule has 0 bridgehead atoms. The average Bonchev–Trinajstić information content (AvgIpc) is 2.39. The van der Waals surface area contributed by atoms with E-state index in [1.54, 1.807) is 12.4 Å². The highest BCUT2D eigenvalue weighted by Gasteiger charge is 2.19. The number of nitrogens with zero attached hydrogens (tertiary/aromatic N) is 1. The van der Waals surface area contributed by atoms with Crippen LogP contribution >= 0.6 is 0 Å². The third kappa shape index (κ3) is 2.07. The summed E-state index contributed by atoms with van der Waals surface area (Å²) < 4.78 is 19.5. The van der Waals surface area contributed by atoms with Gasteiger partial charge in [-0.15, -0.1) is 0 Å². The van der Waals surface area contributed by atoms with Crippen LogP contribution in [0.3, 0.4) is 0 Å². The van der Waals surface area contributed by atoms with Crippen LogP contribution in [0, 0.1) is 0 Å². The number of benzene rings is 1. The summed E-state index contributed by atoms with van der Waals surface area (Å²) in [5.41, 5.74) is 2.83. The first-order chi connectivity index (χ1) is 8.33. The fourth-order valence-corrected chi connectivity index (χ4v) is 2.42. The van der Waals surface area contributed by atoms with Crippen molar-refractivity contribution in [1.82, 2.24) is 4.98 Å². The van der Waals surface area contributed by atoms with Crippen LogP contribution in [0.2, 0.25) is 0 Å². The molecule has 4 nitrogen and oxygen atoms in total. The van der Waals surface area contributed by atoms with Gasteiger partial charge < -0.3 is 9.29 Å². The van der Waals surface area contributed by atoms with Crippen LogP contribution in [0.15, 0.2) is 42.7 Å². The van der Waals surface area contributed by atoms with Gasteiger partial charge in [0.1, 0.15) is 17.0 Å². The predicted molar refractivity (Wildman–Crippen MR) is 66.9 cm³/mol. The smallest absolute Gasteiger partial charge is 0.269 e. The SMILES string of the molecule is [O-][S+]1COc2cc(-c3cccnc3)ccc2N1. The van der Waals surface area contributed by atoms with Crippen LogP contribution in [-0.4, -0.2) is 15.5 Å². The minimum Gasteiger partial charge on any atom is -0.590 e. The van der Waals surface area contributed by atoms with Crippen molar-refractivity contribution in [2.45, 2.75) is 0 Å². The monoisotopic (exact) mass is 246 g/mol. The summed E-state index contributed by atoms with van der Waals surface area (Å²) in [4.78, 5) is 4.08. The number of rotatable bonds is 1. The van der Waals surface area contributed by atoms with E-state index in [4.69, 9.17) is 4.74 Å². The fraction of sp³-hybridized carbons (Fsp3) is 0.0833. The van der Waals surface area contributed by atoms with Crippen molar-refractivity contribution in [3.63, 3.8) is 0 Å². The van der Waals surface area contributed by atoms with Gasteiger partial charge in [-0.3, -0.25) is 4.98 Å². The Balaban J connectivity index is 1.99. The minimum atomic E-state index is -1.14. The van der Waals surface area contributed by atoms with E-state index in [0.29, 0.717) is 0 Å². The van der Waals surface area contributed by atoms with Gasteiger partial charge in [0.25, 0.3) is 5.94 Å². The van der Waals surface area contributed by atoms with Crippen molar-refractivity contribution in [2.24, 2.45) is 0 Å². The minimum absolute atomic E-state index is 0.184. The highest BCUT2D eigenvalue weighted by Crippen LogP contribution is 2.33. The zero-order chi connectivity index (χ0) is 11.7. The van der Waals surface area contributed by atoms with Gasteiger partial charge in [0, 0.05) is 18.0 Å². The molecule has 0 spiro atoms. The number of hydrogen-bond acceptors (Lipinski definition) is 4. The molecule has 1 aliphatic rings. The summed E-state index contributed by atoms with van der Waals surface area (Å²) in [6, 6.07) is 9.63. The third-order valence-electron chi connectivity index (χ3n) is 2.52. The molecule has 17 heavy (non-hydrogen) atoms. The molecule has 0 radical (unpaired) electrons. The van der Waals surface area contributed by atoms with Gasteiger partial charge in [-0.05, 0) is 23.8 Å². The molecule has 0 saturated heterocycles. The Labute approximate surface area is 102 Å². The van der Waals surface area contributed by atoms with Crippen molar-refractivity contribution in [2.75, 3.05) is 10.7 Å². The van der Waals surface area contributed by atoms with E-state index in [1.807, 2.05) is 30.3 Å². The van der Waals surface area contributed by atoms with E-state index < -0.39 is 11.4 Å². The molecule has 86 valence electrons. The van der Waals surface area contributed by atoms with Crippen molar-refractivity contribution in [3.8, 4) is 16.9 Å². The molecule has 1 aromatic heterocycles. The molecule has 1 unspecified atom stereocenters. The second kappa shape index (κ2) is 4.27. The molecule has 0 aliphatic carbocycles. The first kappa shape index (κ1) is 10.4. The molecule has 1 N–H and O–H groups in total. The summed E-state index contributed by atoms with van der Waals surface area (Å²) in [5, 5.41) is 0. The van der Waals surface area contributed by atoms with Crippen LogP contribution in [0.4, 0.5) is 5.69 Å². The standard InChI is InChI=1S/C12H10N2O2S/c15-17-8-16-12-6-9(3-4-11(12)14-17)10-2-1-5-13-7-10/h1-7,14H,8H2. The lowest BCUT2D eigenvalue weighted by Crippen LogP contribution is -2.25. The highest BCUT2D eigenvalue weighted by atomic mass is 32.2. The summed E-state index contributed by atoms with van der Waals surface area (Å²) in [7, 11) is 0. The van der Waals surface area contributed by atoms with Crippen molar-refractivity contribution >= 4 is 17.0 Å². The molecular weight excluding hydrogens is 236 g/mol. The molecule has 1 aliphatic heterocycles. The molecule has 0 fully saturated rings. The maximum Gasteiger partial charge on any atom is 0.269 e. The Morgan fingerprint density at radius 3 is 3.06 bits per heavy atom. The Bertz CT molecular complexity index is 533. The maximum absolute atomic E-state index is 11.2. The molecule has 1 atom stereocenters. The van der Waals surface area contributed by atoms with Gasteiger partial charge in [-0.1, -0.05) is 12.1 Å². The van der Waals surface area contributed by atoms with Crippen LogP contribution in [-0.2, 0) is 11.4 Å². The molecule has 2 heterocycles. The van der Waals surface area contributed by atoms with E-state index in [1.165, 1.54) is 0 Å². The van der Waals surface area contributed by atoms with E-state index >= 15 is 0 Å². The molecule has 3 rings (SSSR count). The number of anilines is 1. The number of nitrogens with one attached hydrogen (secondary N) is 1. The number of pyridine rings is 1. The Morgan fingerprint density at radius 1 is 1.29 bits per heavy atom. The van der Waals surface area contributed by atoms with Gasteiger partial charge >= 0.3 is 0 Å². The number of aromatic nitrogens is 1. The topological polar surface area (TPSA) is 57.2 Å². The van der Waals surface area contributed by atoms with Gasteiger partial charge in [-0.25, -0.2) is 4.72 Å². The summed E-state index contributed by atoms with van der Waals surface area (Å²) in [6.45, 7) is 0. The van der Waals surface area contributed by atoms with Crippen molar-refractivity contribution in [1.29, 1.82) is 0 Å². The van der Waals surface area contributed by atoms with E-state index in [0.717, 1.165) is 22.6 Å². The lowest BCUT2D eigenvalue weighted by atomic mass is 10.1. The maximum atomic E-state index is 11.2. The largest absolute Gasteiger partial charge is 0.590 e. The molecule has 5 heteroatoms. The molecule has 2 aromatic rings.